The maximum absolute atomic E-state index is 4.97. The van der Waals surface area contributed by atoms with Crippen LogP contribution in [0.5, 0.6) is 0 Å². The van der Waals surface area contributed by atoms with Crippen LogP contribution in [0.25, 0.3) is 0 Å². The highest BCUT2D eigenvalue weighted by Crippen LogP contribution is 2.16. The van der Waals surface area contributed by atoms with Gasteiger partial charge in [0.2, 0.25) is 5.89 Å². The average molecular weight is 176 g/mol. The molecule has 2 heterocycles. The van der Waals surface area contributed by atoms with Gasteiger partial charge in [0, 0.05) is 13.1 Å². The molecule has 2 rings (SSSR count). The molecule has 62 valence electrons. The van der Waals surface area contributed by atoms with E-state index < -0.39 is 0 Å². The summed E-state index contributed by atoms with van der Waals surface area (Å²) in [6, 6.07) is 0. The third-order valence-electron chi connectivity index (χ3n) is 1.67. The van der Waals surface area contributed by atoms with Crippen LogP contribution in [0, 0.1) is 6.92 Å². The van der Waals surface area contributed by atoms with Crippen LogP contribution in [-0.2, 0) is 0 Å². The van der Waals surface area contributed by atoms with Crippen LogP contribution in [0.1, 0.15) is 17.6 Å². The van der Waals surface area contributed by atoms with Crippen molar-refractivity contribution >= 4 is 12.4 Å². The van der Waals surface area contributed by atoms with Crippen molar-refractivity contribution < 1.29 is 4.52 Å². The molecule has 1 aliphatic heterocycles. The Morgan fingerprint density at radius 3 is 2.64 bits per heavy atom. The van der Waals surface area contributed by atoms with Crippen molar-refractivity contribution in [2.24, 2.45) is 0 Å². The standard InChI is InChI=1S/C6H9N3O.ClH/c1-4-8-6(10-9-4)5-2-7-3-5;/h5,7H,2-3H2,1H3;1H. The summed E-state index contributed by atoms with van der Waals surface area (Å²) in [4.78, 5) is 4.11. The van der Waals surface area contributed by atoms with Gasteiger partial charge in [0.05, 0.1) is 5.92 Å². The van der Waals surface area contributed by atoms with E-state index in [1.807, 2.05) is 6.92 Å². The summed E-state index contributed by atoms with van der Waals surface area (Å²) >= 11 is 0. The Bertz CT molecular complexity index is 233. The molecule has 0 atom stereocenters. The molecule has 0 bridgehead atoms. The zero-order valence-electron chi connectivity index (χ0n) is 6.20. The lowest BCUT2D eigenvalue weighted by Gasteiger charge is -2.22. The van der Waals surface area contributed by atoms with E-state index in [1.165, 1.54) is 0 Å². The van der Waals surface area contributed by atoms with E-state index in [0.717, 1.165) is 24.8 Å². The first-order chi connectivity index (χ1) is 4.86. The highest BCUT2D eigenvalue weighted by atomic mass is 35.5. The van der Waals surface area contributed by atoms with Crippen molar-refractivity contribution in [2.45, 2.75) is 12.8 Å². The van der Waals surface area contributed by atoms with Crippen LogP contribution in [0.15, 0.2) is 4.52 Å². The number of nitrogens with one attached hydrogen (secondary N) is 1. The Hall–Kier alpha value is -0.610. The molecule has 11 heavy (non-hydrogen) atoms. The van der Waals surface area contributed by atoms with Crippen molar-refractivity contribution in [1.82, 2.24) is 15.5 Å². The average Bonchev–Trinajstić information content (AvgIpc) is 2.10. The van der Waals surface area contributed by atoms with E-state index in [-0.39, 0.29) is 12.4 Å². The summed E-state index contributed by atoms with van der Waals surface area (Å²) in [7, 11) is 0. The van der Waals surface area contributed by atoms with E-state index in [2.05, 4.69) is 15.5 Å². The molecule has 1 fully saturated rings. The Morgan fingerprint density at radius 1 is 1.55 bits per heavy atom. The maximum atomic E-state index is 4.97. The molecule has 0 unspecified atom stereocenters. The van der Waals surface area contributed by atoms with E-state index in [0.29, 0.717) is 5.92 Å². The zero-order valence-corrected chi connectivity index (χ0v) is 7.02. The summed E-state index contributed by atoms with van der Waals surface area (Å²) in [5.41, 5.74) is 0. The van der Waals surface area contributed by atoms with Gasteiger partial charge in [0.15, 0.2) is 5.82 Å². The van der Waals surface area contributed by atoms with Crippen molar-refractivity contribution in [3.8, 4) is 0 Å². The molecule has 0 amide bonds. The second-order valence-corrected chi connectivity index (χ2v) is 2.54. The summed E-state index contributed by atoms with van der Waals surface area (Å²) in [5, 5.41) is 6.85. The van der Waals surface area contributed by atoms with Crippen LogP contribution >= 0.6 is 12.4 Å². The molecule has 0 saturated carbocycles. The molecule has 0 aromatic carbocycles. The van der Waals surface area contributed by atoms with E-state index in [1.54, 1.807) is 0 Å². The predicted molar refractivity (Wildman–Crippen MR) is 41.9 cm³/mol. The van der Waals surface area contributed by atoms with E-state index in [4.69, 9.17) is 4.52 Å². The number of aromatic nitrogens is 2. The van der Waals surface area contributed by atoms with Gasteiger partial charge in [-0.2, -0.15) is 4.98 Å². The SMILES string of the molecule is Cc1noc(C2CNC2)n1.Cl. The van der Waals surface area contributed by atoms with Gasteiger partial charge in [-0.3, -0.25) is 0 Å². The molecule has 0 spiro atoms. The molecule has 5 heteroatoms. The first kappa shape index (κ1) is 8.49. The largest absolute Gasteiger partial charge is 0.339 e. The van der Waals surface area contributed by atoms with Crippen LogP contribution in [0.2, 0.25) is 0 Å². The van der Waals surface area contributed by atoms with Crippen LogP contribution in [0.4, 0.5) is 0 Å². The molecule has 0 radical (unpaired) electrons. The van der Waals surface area contributed by atoms with Gasteiger partial charge in [-0.05, 0) is 6.92 Å². The number of hydrogen-bond acceptors (Lipinski definition) is 4. The third-order valence-corrected chi connectivity index (χ3v) is 1.67. The molecular formula is C6H10ClN3O. The monoisotopic (exact) mass is 175 g/mol. The number of halogens is 1. The maximum Gasteiger partial charge on any atom is 0.232 e. The summed E-state index contributed by atoms with van der Waals surface area (Å²) in [6.07, 6.45) is 0. The molecule has 1 aromatic heterocycles. The van der Waals surface area contributed by atoms with Crippen LogP contribution in [0.3, 0.4) is 0 Å². The number of nitrogens with zero attached hydrogens (tertiary/aromatic N) is 2. The highest BCUT2D eigenvalue weighted by Gasteiger charge is 2.24. The Labute approximate surface area is 70.8 Å². The van der Waals surface area contributed by atoms with Gasteiger partial charge in [0.1, 0.15) is 0 Å². The first-order valence-corrected chi connectivity index (χ1v) is 3.37. The van der Waals surface area contributed by atoms with Gasteiger partial charge >= 0.3 is 0 Å². The molecule has 1 saturated heterocycles. The van der Waals surface area contributed by atoms with E-state index >= 15 is 0 Å². The number of rotatable bonds is 1. The van der Waals surface area contributed by atoms with Crippen LogP contribution < -0.4 is 5.32 Å². The highest BCUT2D eigenvalue weighted by molar-refractivity contribution is 5.85. The zero-order chi connectivity index (χ0) is 6.97. The topological polar surface area (TPSA) is 51.0 Å². The fourth-order valence-corrected chi connectivity index (χ4v) is 0.942. The number of hydrogen-bond donors (Lipinski definition) is 1. The molecule has 1 N–H and O–H groups in total. The van der Waals surface area contributed by atoms with Crippen molar-refractivity contribution in [3.63, 3.8) is 0 Å². The lowest BCUT2D eigenvalue weighted by atomic mass is 10.0. The first-order valence-electron chi connectivity index (χ1n) is 3.37. The van der Waals surface area contributed by atoms with Crippen molar-refractivity contribution in [2.75, 3.05) is 13.1 Å². The Kier molecular flexibility index (Phi) is 2.46. The van der Waals surface area contributed by atoms with Gasteiger partial charge in [-0.25, -0.2) is 0 Å². The second kappa shape index (κ2) is 3.19. The van der Waals surface area contributed by atoms with Crippen molar-refractivity contribution in [3.05, 3.63) is 11.7 Å². The predicted octanol–water partition coefficient (Wildman–Crippen LogP) is 0.487. The third kappa shape index (κ3) is 1.52. The molecular weight excluding hydrogens is 166 g/mol. The Balaban J connectivity index is 0.000000605. The minimum atomic E-state index is 0. The van der Waals surface area contributed by atoms with Gasteiger partial charge in [0.25, 0.3) is 0 Å². The summed E-state index contributed by atoms with van der Waals surface area (Å²) in [5.74, 6) is 1.96. The normalized spacial score (nSPS) is 17.2. The van der Waals surface area contributed by atoms with E-state index in [9.17, 15) is 0 Å². The quantitative estimate of drug-likeness (QED) is 0.675. The molecule has 1 aromatic rings. The van der Waals surface area contributed by atoms with Gasteiger partial charge in [-0.15, -0.1) is 12.4 Å². The molecule has 0 aliphatic carbocycles. The summed E-state index contributed by atoms with van der Waals surface area (Å²) < 4.78 is 4.97. The minimum absolute atomic E-state index is 0. The van der Waals surface area contributed by atoms with Gasteiger partial charge < -0.3 is 9.84 Å². The summed E-state index contributed by atoms with van der Waals surface area (Å²) in [6.45, 7) is 3.78. The lowest BCUT2D eigenvalue weighted by molar-refractivity contribution is 0.306. The Morgan fingerprint density at radius 2 is 2.27 bits per heavy atom. The smallest absolute Gasteiger partial charge is 0.232 e. The second-order valence-electron chi connectivity index (χ2n) is 2.54. The molecule has 4 nitrogen and oxygen atoms in total. The van der Waals surface area contributed by atoms with Gasteiger partial charge in [-0.1, -0.05) is 5.16 Å². The fraction of sp³-hybridized carbons (Fsp3) is 0.667. The fourth-order valence-electron chi connectivity index (χ4n) is 0.942. The lowest BCUT2D eigenvalue weighted by Crippen LogP contribution is -2.40. The van der Waals surface area contributed by atoms with Crippen LogP contribution in [-0.4, -0.2) is 23.2 Å². The number of aryl methyl sites for hydroxylation is 1. The minimum Gasteiger partial charge on any atom is -0.339 e. The van der Waals surface area contributed by atoms with Crippen molar-refractivity contribution in [1.29, 1.82) is 0 Å². The molecule has 1 aliphatic rings.